The second-order valence-electron chi connectivity index (χ2n) is 4.76. The zero-order valence-corrected chi connectivity index (χ0v) is 13.8. The van der Waals surface area contributed by atoms with E-state index in [1.54, 1.807) is 32.9 Å². The average molecular weight is 319 g/mol. The highest BCUT2D eigenvalue weighted by Crippen LogP contribution is 2.20. The Balaban J connectivity index is 2.88. The van der Waals surface area contributed by atoms with Gasteiger partial charge in [-0.05, 0) is 27.7 Å². The Labute approximate surface area is 135 Å². The molecule has 23 heavy (non-hydrogen) atoms. The number of Topliss-reactive ketones (excluding diaryl/α,β-unsaturated/α-hetero) is 1. The number of aromatic nitrogens is 1. The molecule has 0 amide bonds. The van der Waals surface area contributed by atoms with Crippen LogP contribution < -0.4 is 0 Å². The molecule has 0 radical (unpaired) electrons. The lowest BCUT2D eigenvalue weighted by Gasteiger charge is -2.06. The number of aryl methyl sites for hydroxylation is 2. The summed E-state index contributed by atoms with van der Waals surface area (Å²) in [5.41, 5.74) is 1.47. The van der Waals surface area contributed by atoms with Crippen LogP contribution >= 0.6 is 0 Å². The van der Waals surface area contributed by atoms with Gasteiger partial charge in [-0.25, -0.2) is 9.59 Å². The Kier molecular flexibility index (Phi) is 6.99. The first-order valence-corrected chi connectivity index (χ1v) is 7.27. The molecule has 0 spiro atoms. The van der Waals surface area contributed by atoms with E-state index in [1.165, 1.54) is 12.2 Å². The van der Waals surface area contributed by atoms with Gasteiger partial charge in [-0.3, -0.25) is 4.79 Å². The largest absolute Gasteiger partial charge is 0.462 e. The van der Waals surface area contributed by atoms with Crippen molar-refractivity contribution in [2.75, 3.05) is 13.2 Å². The van der Waals surface area contributed by atoms with Gasteiger partial charge in [0.05, 0.1) is 17.7 Å². The van der Waals surface area contributed by atoms with E-state index in [0.29, 0.717) is 11.4 Å². The minimum Gasteiger partial charge on any atom is -0.462 e. The lowest BCUT2D eigenvalue weighted by molar-refractivity contribution is -0.136. The molecule has 0 fully saturated rings. The van der Waals surface area contributed by atoms with E-state index in [4.69, 9.17) is 9.47 Å². The van der Waals surface area contributed by atoms with Crippen LogP contribution in [0.4, 0.5) is 0 Å². The molecule has 6 nitrogen and oxygen atoms in total. The maximum absolute atomic E-state index is 12.3. The molecule has 6 heteroatoms. The summed E-state index contributed by atoms with van der Waals surface area (Å²) in [6.45, 7) is 6.63. The zero-order valence-electron chi connectivity index (χ0n) is 13.8. The first-order valence-electron chi connectivity index (χ1n) is 7.27. The fraction of sp³-hybridized carbons (Fsp3) is 0.353. The van der Waals surface area contributed by atoms with E-state index < -0.39 is 24.3 Å². The first kappa shape index (κ1) is 18.4. The number of hydrogen-bond donors (Lipinski definition) is 1. The lowest BCUT2D eigenvalue weighted by Crippen LogP contribution is -2.17. The summed E-state index contributed by atoms with van der Waals surface area (Å²) >= 11 is 0. The van der Waals surface area contributed by atoms with Gasteiger partial charge in [0.15, 0.2) is 6.61 Å². The van der Waals surface area contributed by atoms with E-state index in [-0.39, 0.29) is 17.7 Å². The van der Waals surface area contributed by atoms with E-state index >= 15 is 0 Å². The number of carbonyl (C=O) groups is 3. The third kappa shape index (κ3) is 4.95. The molecular weight excluding hydrogens is 298 g/mol. The van der Waals surface area contributed by atoms with Crippen LogP contribution in [0, 0.1) is 13.8 Å². The minimum atomic E-state index is -0.626. The highest BCUT2D eigenvalue weighted by Gasteiger charge is 2.25. The van der Waals surface area contributed by atoms with Gasteiger partial charge in [-0.2, -0.15) is 0 Å². The highest BCUT2D eigenvalue weighted by atomic mass is 16.5. The topological polar surface area (TPSA) is 85.5 Å². The Hall–Kier alpha value is -2.63. The second-order valence-corrected chi connectivity index (χ2v) is 4.76. The minimum absolute atomic E-state index is 0.190. The first-order chi connectivity index (χ1) is 10.9. The Morgan fingerprint density at radius 1 is 1.04 bits per heavy atom. The van der Waals surface area contributed by atoms with Crippen molar-refractivity contribution < 1.29 is 23.9 Å². The summed E-state index contributed by atoms with van der Waals surface area (Å²) in [7, 11) is 0. The van der Waals surface area contributed by atoms with E-state index in [9.17, 15) is 14.4 Å². The van der Waals surface area contributed by atoms with Gasteiger partial charge < -0.3 is 14.5 Å². The number of hydrogen-bond acceptors (Lipinski definition) is 5. The van der Waals surface area contributed by atoms with Crippen molar-refractivity contribution in [2.24, 2.45) is 0 Å². The van der Waals surface area contributed by atoms with E-state index in [2.05, 4.69) is 4.98 Å². The maximum Gasteiger partial charge on any atom is 0.340 e. The van der Waals surface area contributed by atoms with Crippen molar-refractivity contribution in [3.05, 3.63) is 46.8 Å². The van der Waals surface area contributed by atoms with E-state index in [1.807, 2.05) is 6.92 Å². The third-order valence-corrected chi connectivity index (χ3v) is 3.01. The molecule has 0 aliphatic heterocycles. The molecule has 0 aromatic carbocycles. The quantitative estimate of drug-likeness (QED) is 0.361. The van der Waals surface area contributed by atoms with Crippen molar-refractivity contribution in [3.63, 3.8) is 0 Å². The van der Waals surface area contributed by atoms with Crippen molar-refractivity contribution in [1.29, 1.82) is 0 Å². The number of aromatic amines is 1. The highest BCUT2D eigenvalue weighted by molar-refractivity contribution is 6.09. The van der Waals surface area contributed by atoms with Gasteiger partial charge >= 0.3 is 11.9 Å². The van der Waals surface area contributed by atoms with Crippen molar-refractivity contribution in [2.45, 2.75) is 27.7 Å². The van der Waals surface area contributed by atoms with Crippen LogP contribution in [0.25, 0.3) is 0 Å². The molecule has 0 bridgehead atoms. The summed E-state index contributed by atoms with van der Waals surface area (Å²) in [5, 5.41) is 0. The SMILES string of the molecule is C/C=C/C=C/C(=O)OCC(=O)c1c(C)[nH]c(C)c1C(=O)OCC. The molecule has 0 aliphatic rings. The predicted octanol–water partition coefficient (Wildman–Crippen LogP) is 2.67. The van der Waals surface area contributed by atoms with Crippen molar-refractivity contribution in [3.8, 4) is 0 Å². The molecule has 1 N–H and O–H groups in total. The molecule has 1 aromatic rings. The summed E-state index contributed by atoms with van der Waals surface area (Å²) in [5.74, 6) is -1.65. The Bertz CT molecular complexity index is 652. The third-order valence-electron chi connectivity index (χ3n) is 3.01. The van der Waals surface area contributed by atoms with Gasteiger partial charge in [0.25, 0.3) is 0 Å². The van der Waals surface area contributed by atoms with Crippen LogP contribution in [-0.2, 0) is 14.3 Å². The van der Waals surface area contributed by atoms with Crippen LogP contribution in [0.2, 0.25) is 0 Å². The molecule has 0 atom stereocenters. The molecule has 124 valence electrons. The molecule has 1 rings (SSSR count). The molecule has 1 heterocycles. The van der Waals surface area contributed by atoms with Crippen LogP contribution in [0.3, 0.4) is 0 Å². The summed E-state index contributed by atoms with van der Waals surface area (Å²) in [4.78, 5) is 38.7. The van der Waals surface area contributed by atoms with Crippen molar-refractivity contribution in [1.82, 2.24) is 4.98 Å². The lowest BCUT2D eigenvalue weighted by atomic mass is 10.1. The number of H-pyrrole nitrogens is 1. The van der Waals surface area contributed by atoms with Gasteiger partial charge in [-0.1, -0.05) is 18.2 Å². The second kappa shape index (κ2) is 8.73. The molecular formula is C17H21NO5. The summed E-state index contributed by atoms with van der Waals surface area (Å²) in [6.07, 6.45) is 6.16. The van der Waals surface area contributed by atoms with Gasteiger partial charge in [0.1, 0.15) is 0 Å². The smallest absolute Gasteiger partial charge is 0.340 e. The van der Waals surface area contributed by atoms with Crippen LogP contribution in [-0.4, -0.2) is 35.9 Å². The maximum atomic E-state index is 12.3. The summed E-state index contributed by atoms with van der Waals surface area (Å²) < 4.78 is 9.85. The molecule has 0 aliphatic carbocycles. The fourth-order valence-electron chi connectivity index (χ4n) is 2.09. The molecule has 0 saturated carbocycles. The average Bonchev–Trinajstić information content (AvgIpc) is 2.80. The normalized spacial score (nSPS) is 11.1. The Morgan fingerprint density at radius 2 is 1.70 bits per heavy atom. The summed E-state index contributed by atoms with van der Waals surface area (Å²) in [6, 6.07) is 0. The Morgan fingerprint density at radius 3 is 2.30 bits per heavy atom. The van der Waals surface area contributed by atoms with Crippen LogP contribution in [0.15, 0.2) is 24.3 Å². The van der Waals surface area contributed by atoms with Crippen LogP contribution in [0.1, 0.15) is 46.0 Å². The number of rotatable bonds is 7. The monoisotopic (exact) mass is 319 g/mol. The van der Waals surface area contributed by atoms with Gasteiger partial charge in [0.2, 0.25) is 5.78 Å². The zero-order chi connectivity index (χ0) is 17.4. The number of allylic oxidation sites excluding steroid dienone is 3. The standard InChI is InChI=1S/C17H21NO5/c1-5-7-8-9-14(20)23-10-13(19)15-11(3)18-12(4)16(15)17(21)22-6-2/h5,7-9,18H,6,10H2,1-4H3/b7-5+,9-8+. The van der Waals surface area contributed by atoms with E-state index in [0.717, 1.165) is 0 Å². The number of nitrogens with one attached hydrogen (secondary N) is 1. The predicted molar refractivity (Wildman–Crippen MR) is 85.5 cm³/mol. The van der Waals surface area contributed by atoms with Crippen LogP contribution in [0.5, 0.6) is 0 Å². The number of ketones is 1. The number of ether oxygens (including phenoxy) is 2. The fourth-order valence-corrected chi connectivity index (χ4v) is 2.09. The van der Waals surface area contributed by atoms with Crippen molar-refractivity contribution >= 4 is 17.7 Å². The number of esters is 2. The van der Waals surface area contributed by atoms with Gasteiger partial charge in [0, 0.05) is 17.5 Å². The molecule has 1 aromatic heterocycles. The molecule has 0 saturated heterocycles. The molecule has 0 unspecified atom stereocenters. The van der Waals surface area contributed by atoms with Gasteiger partial charge in [-0.15, -0.1) is 0 Å². The number of carbonyl (C=O) groups excluding carboxylic acids is 3.